The van der Waals surface area contributed by atoms with Crippen LogP contribution in [0.1, 0.15) is 58.8 Å². The summed E-state index contributed by atoms with van der Waals surface area (Å²) in [4.78, 5) is 47.8. The van der Waals surface area contributed by atoms with E-state index < -0.39 is 42.7 Å². The first kappa shape index (κ1) is 22.3. The summed E-state index contributed by atoms with van der Waals surface area (Å²) in [6, 6.07) is 0. The molecule has 0 spiro atoms. The number of aliphatic hydroxyl groups excluding tert-OH is 1. The Morgan fingerprint density at radius 3 is 2.60 bits per heavy atom. The third-order valence-corrected chi connectivity index (χ3v) is 9.42. The third kappa shape index (κ3) is 3.11. The van der Waals surface area contributed by atoms with Gasteiger partial charge in [0.25, 0.3) is 0 Å². The molecule has 0 saturated heterocycles. The van der Waals surface area contributed by atoms with Crippen LogP contribution in [0.5, 0.6) is 0 Å². The fraction of sp³-hybridized carbons (Fsp3) is 0.810. The Balaban J connectivity index is 1.81. The third-order valence-electron chi connectivity index (χ3n) is 8.90. The maximum Gasteiger partial charge on any atom is 0.190 e. The van der Waals surface area contributed by atoms with Gasteiger partial charge in [-0.3, -0.25) is 9.59 Å². The zero-order chi connectivity index (χ0) is 22.1. The Bertz CT molecular complexity index is 848. The SMILES string of the molecule is C[C@]12CCC(=O)C=C1CC[C@@H]1[C@@H]2[C@@H](OP(=O)([O-])[O-])C[C@@]2(C)[C@H]1CC[C@]2(O)C(=O)CO. The summed E-state index contributed by atoms with van der Waals surface area (Å²) in [5.41, 5.74) is -2.28. The van der Waals surface area contributed by atoms with Crippen LogP contribution in [0.2, 0.25) is 0 Å². The number of allylic oxidation sites excluding steroid dienone is 1. The van der Waals surface area contributed by atoms with Gasteiger partial charge in [-0.15, -0.1) is 0 Å². The number of rotatable bonds is 4. The topological polar surface area (TPSA) is 147 Å². The molecule has 3 fully saturated rings. The minimum atomic E-state index is -5.33. The minimum absolute atomic E-state index is 0.0341. The number of phosphoric ester groups is 1. The number of carbonyl (C=O) groups is 2. The largest absolute Gasteiger partial charge is 0.790 e. The fourth-order valence-electron chi connectivity index (χ4n) is 7.51. The lowest BCUT2D eigenvalue weighted by molar-refractivity contribution is -0.349. The molecule has 168 valence electrons. The van der Waals surface area contributed by atoms with Gasteiger partial charge in [-0.05, 0) is 67.8 Å². The highest BCUT2D eigenvalue weighted by Gasteiger charge is 2.68. The summed E-state index contributed by atoms with van der Waals surface area (Å²) in [5.74, 6) is -1.05. The van der Waals surface area contributed by atoms with Crippen LogP contribution in [-0.4, -0.2) is 40.1 Å². The zero-order valence-corrected chi connectivity index (χ0v) is 18.2. The molecule has 2 N–H and O–H groups in total. The number of hydrogen-bond acceptors (Lipinski definition) is 8. The van der Waals surface area contributed by atoms with Crippen LogP contribution in [0.25, 0.3) is 0 Å². The van der Waals surface area contributed by atoms with Gasteiger partial charge in [0, 0.05) is 11.8 Å². The molecule has 0 amide bonds. The quantitative estimate of drug-likeness (QED) is 0.605. The molecular formula is C21H29O8P-2. The van der Waals surface area contributed by atoms with Crippen LogP contribution in [0.4, 0.5) is 0 Å². The van der Waals surface area contributed by atoms with Crippen molar-refractivity contribution in [1.29, 1.82) is 0 Å². The summed E-state index contributed by atoms with van der Waals surface area (Å²) in [7, 11) is -5.33. The van der Waals surface area contributed by atoms with Crippen LogP contribution in [0.3, 0.4) is 0 Å². The van der Waals surface area contributed by atoms with E-state index in [4.69, 9.17) is 4.52 Å². The number of phosphoric acid groups is 1. The van der Waals surface area contributed by atoms with Crippen molar-refractivity contribution in [3.63, 3.8) is 0 Å². The summed E-state index contributed by atoms with van der Waals surface area (Å²) < 4.78 is 16.8. The first-order valence-corrected chi connectivity index (χ1v) is 12.1. The maximum absolute atomic E-state index is 12.5. The van der Waals surface area contributed by atoms with Crippen molar-refractivity contribution in [1.82, 2.24) is 0 Å². The summed E-state index contributed by atoms with van der Waals surface area (Å²) >= 11 is 0. The van der Waals surface area contributed by atoms with Crippen LogP contribution >= 0.6 is 7.82 Å². The molecule has 0 aromatic carbocycles. The molecule has 0 heterocycles. The second kappa shape index (κ2) is 7.06. The number of hydrogen-bond donors (Lipinski definition) is 2. The number of aliphatic hydroxyl groups is 2. The van der Waals surface area contributed by atoms with Crippen LogP contribution < -0.4 is 9.79 Å². The predicted molar refractivity (Wildman–Crippen MR) is 102 cm³/mol. The van der Waals surface area contributed by atoms with Crippen LogP contribution in [0, 0.1) is 28.6 Å². The molecule has 0 aromatic rings. The maximum atomic E-state index is 12.5. The minimum Gasteiger partial charge on any atom is -0.790 e. The monoisotopic (exact) mass is 440 g/mol. The lowest BCUT2D eigenvalue weighted by atomic mass is 9.45. The number of carbonyl (C=O) groups excluding carboxylic acids is 2. The predicted octanol–water partition coefficient (Wildman–Crippen LogP) is 0.635. The van der Waals surface area contributed by atoms with Crippen molar-refractivity contribution in [2.45, 2.75) is 70.5 Å². The zero-order valence-electron chi connectivity index (χ0n) is 17.3. The summed E-state index contributed by atoms with van der Waals surface area (Å²) in [5, 5.41) is 20.8. The molecule has 4 rings (SSSR count). The Morgan fingerprint density at radius 1 is 1.27 bits per heavy atom. The van der Waals surface area contributed by atoms with Crippen molar-refractivity contribution < 1.29 is 38.7 Å². The van der Waals surface area contributed by atoms with E-state index in [0.717, 1.165) is 5.57 Å². The fourth-order valence-corrected chi connectivity index (χ4v) is 8.05. The van der Waals surface area contributed by atoms with Gasteiger partial charge in [-0.1, -0.05) is 19.4 Å². The second-order valence-corrected chi connectivity index (χ2v) is 11.2. The van der Waals surface area contributed by atoms with Gasteiger partial charge in [0.15, 0.2) is 11.6 Å². The van der Waals surface area contributed by atoms with Gasteiger partial charge >= 0.3 is 0 Å². The van der Waals surface area contributed by atoms with E-state index in [9.17, 15) is 34.2 Å². The van der Waals surface area contributed by atoms with Gasteiger partial charge in [0.05, 0.1) is 13.9 Å². The van der Waals surface area contributed by atoms with Gasteiger partial charge in [-0.2, -0.15) is 0 Å². The number of ketones is 2. The van der Waals surface area contributed by atoms with Crippen molar-refractivity contribution in [2.75, 3.05) is 6.61 Å². The molecule has 8 nitrogen and oxygen atoms in total. The van der Waals surface area contributed by atoms with E-state index in [1.165, 1.54) is 0 Å². The van der Waals surface area contributed by atoms with E-state index in [2.05, 4.69) is 0 Å². The van der Waals surface area contributed by atoms with Crippen molar-refractivity contribution in [2.24, 2.45) is 28.6 Å². The highest BCUT2D eigenvalue weighted by Crippen LogP contribution is 2.68. The van der Waals surface area contributed by atoms with E-state index >= 15 is 0 Å². The van der Waals surface area contributed by atoms with Crippen LogP contribution in [-0.2, 0) is 18.7 Å². The molecule has 4 aliphatic rings. The molecule has 4 aliphatic carbocycles. The standard InChI is InChI=1S/C21H31O8P/c1-19-7-5-13(23)9-12(19)3-4-14-15-6-8-21(25,17(24)11-22)20(15,2)10-16(18(14)19)29-30(26,27)28/h9,14-16,18,22,25H,3-8,10-11H2,1-2H3,(H2,26,27,28)/p-2/t14-,15-,16-,18+,19-,20-,21-/m0/s1. The molecule has 0 radical (unpaired) electrons. The van der Waals surface area contributed by atoms with Crippen LogP contribution in [0.15, 0.2) is 11.6 Å². The molecule has 9 heteroatoms. The Hall–Kier alpha value is -0.890. The van der Waals surface area contributed by atoms with E-state index in [1.807, 2.05) is 6.92 Å². The normalized spacial score (nSPS) is 45.9. The Morgan fingerprint density at radius 2 is 1.97 bits per heavy atom. The van der Waals surface area contributed by atoms with Gasteiger partial charge < -0.3 is 29.1 Å². The Kier molecular flexibility index (Phi) is 5.25. The smallest absolute Gasteiger partial charge is 0.190 e. The van der Waals surface area contributed by atoms with Crippen molar-refractivity contribution in [3.05, 3.63) is 11.6 Å². The highest BCUT2D eigenvalue weighted by atomic mass is 31.2. The van der Waals surface area contributed by atoms with Crippen molar-refractivity contribution in [3.8, 4) is 0 Å². The average Bonchev–Trinajstić information content (AvgIpc) is 2.92. The lowest BCUT2D eigenvalue weighted by Crippen LogP contribution is -2.62. The van der Waals surface area contributed by atoms with E-state index in [1.54, 1.807) is 13.0 Å². The van der Waals surface area contributed by atoms with Gasteiger partial charge in [0.1, 0.15) is 12.2 Å². The first-order chi connectivity index (χ1) is 13.9. The number of fused-ring (bicyclic) bond motifs is 5. The number of Topliss-reactive ketones (excluding diaryl/α,β-unsaturated/α-hetero) is 1. The molecule has 0 bridgehead atoms. The Labute approximate surface area is 175 Å². The molecule has 0 aliphatic heterocycles. The second-order valence-electron chi connectivity index (χ2n) is 10.1. The lowest BCUT2D eigenvalue weighted by Gasteiger charge is -2.62. The molecular weight excluding hydrogens is 411 g/mol. The summed E-state index contributed by atoms with van der Waals surface area (Å²) in [6.45, 7) is 2.97. The van der Waals surface area contributed by atoms with Gasteiger partial charge in [0.2, 0.25) is 0 Å². The van der Waals surface area contributed by atoms with Gasteiger partial charge in [-0.25, -0.2) is 0 Å². The molecule has 30 heavy (non-hydrogen) atoms. The van der Waals surface area contributed by atoms with E-state index in [0.29, 0.717) is 32.1 Å². The molecule has 3 saturated carbocycles. The average molecular weight is 440 g/mol. The van der Waals surface area contributed by atoms with E-state index in [-0.39, 0.29) is 36.4 Å². The highest BCUT2D eigenvalue weighted by molar-refractivity contribution is 7.43. The molecule has 7 atom stereocenters. The first-order valence-electron chi connectivity index (χ1n) is 10.7. The summed E-state index contributed by atoms with van der Waals surface area (Å²) in [6.07, 6.45) is 3.75. The molecule has 0 unspecified atom stereocenters. The molecule has 0 aromatic heterocycles. The van der Waals surface area contributed by atoms with Crippen molar-refractivity contribution >= 4 is 19.4 Å².